The normalized spacial score (nSPS) is 10.3. The van der Waals surface area contributed by atoms with E-state index < -0.39 is 0 Å². The number of anilines is 1. The summed E-state index contributed by atoms with van der Waals surface area (Å²) in [6.07, 6.45) is 0.940. The molecule has 0 aliphatic rings. The predicted molar refractivity (Wildman–Crippen MR) is 81.4 cm³/mol. The van der Waals surface area contributed by atoms with Gasteiger partial charge in [-0.1, -0.05) is 12.2 Å². The van der Waals surface area contributed by atoms with Gasteiger partial charge in [-0.05, 0) is 31.2 Å². The minimum absolute atomic E-state index is 0.430. The first-order chi connectivity index (χ1) is 8.65. The van der Waals surface area contributed by atoms with Crippen molar-refractivity contribution in [1.29, 1.82) is 0 Å². The first kappa shape index (κ1) is 13.0. The van der Waals surface area contributed by atoms with E-state index in [1.54, 1.807) is 11.3 Å². The van der Waals surface area contributed by atoms with Crippen LogP contribution in [0, 0.1) is 6.92 Å². The average molecular weight is 277 g/mol. The van der Waals surface area contributed by atoms with E-state index in [4.69, 9.17) is 18.0 Å². The molecule has 0 aliphatic carbocycles. The first-order valence-electron chi connectivity index (χ1n) is 5.70. The zero-order chi connectivity index (χ0) is 13.0. The van der Waals surface area contributed by atoms with Gasteiger partial charge in [0.15, 0.2) is 0 Å². The number of nitrogens with zero attached hydrogens (tertiary/aromatic N) is 1. The lowest BCUT2D eigenvalue weighted by atomic mass is 10.2. The lowest BCUT2D eigenvalue weighted by Gasteiger charge is -2.06. The van der Waals surface area contributed by atoms with Gasteiger partial charge >= 0.3 is 0 Å². The standard InChI is InChI=1S/C13H15N3S2/c1-9-8-18-12(16-9)6-7-15-11-4-2-10(3-5-11)13(14)17/h2-5,8,15H,6-7H2,1H3,(H2,14,17). The quantitative estimate of drug-likeness (QED) is 0.825. The fourth-order valence-corrected chi connectivity index (χ4v) is 2.50. The molecule has 0 amide bonds. The molecule has 5 heteroatoms. The van der Waals surface area contributed by atoms with Crippen LogP contribution in [0.15, 0.2) is 29.6 Å². The molecule has 3 N–H and O–H groups in total. The van der Waals surface area contributed by atoms with Gasteiger partial charge in [0.1, 0.15) is 4.99 Å². The van der Waals surface area contributed by atoms with Gasteiger partial charge in [0.25, 0.3) is 0 Å². The summed E-state index contributed by atoms with van der Waals surface area (Å²) in [7, 11) is 0. The van der Waals surface area contributed by atoms with Crippen LogP contribution in [0.1, 0.15) is 16.3 Å². The fraction of sp³-hybridized carbons (Fsp3) is 0.231. The summed E-state index contributed by atoms with van der Waals surface area (Å²) < 4.78 is 0. The number of thiocarbonyl (C=S) groups is 1. The van der Waals surface area contributed by atoms with E-state index in [1.807, 2.05) is 31.2 Å². The molecular weight excluding hydrogens is 262 g/mol. The maximum absolute atomic E-state index is 5.55. The number of thiazole rings is 1. The zero-order valence-electron chi connectivity index (χ0n) is 10.1. The van der Waals surface area contributed by atoms with Crippen molar-refractivity contribution in [3.63, 3.8) is 0 Å². The Morgan fingerprint density at radius 3 is 2.67 bits per heavy atom. The van der Waals surface area contributed by atoms with E-state index >= 15 is 0 Å². The number of nitrogens with one attached hydrogen (secondary N) is 1. The van der Waals surface area contributed by atoms with Gasteiger partial charge in [-0.3, -0.25) is 0 Å². The lowest BCUT2D eigenvalue weighted by Crippen LogP contribution is -2.09. The molecular formula is C13H15N3S2. The number of rotatable bonds is 5. The summed E-state index contributed by atoms with van der Waals surface area (Å²) in [5, 5.41) is 6.59. The van der Waals surface area contributed by atoms with Gasteiger partial charge in [-0.2, -0.15) is 0 Å². The Balaban J connectivity index is 1.85. The average Bonchev–Trinajstić information content (AvgIpc) is 2.76. The number of hydrogen-bond acceptors (Lipinski definition) is 4. The summed E-state index contributed by atoms with van der Waals surface area (Å²) in [6.45, 7) is 2.89. The fourth-order valence-electron chi connectivity index (χ4n) is 1.58. The van der Waals surface area contributed by atoms with Gasteiger partial charge in [-0.15, -0.1) is 11.3 Å². The molecule has 0 radical (unpaired) electrons. The van der Waals surface area contributed by atoms with E-state index in [0.717, 1.165) is 29.9 Å². The van der Waals surface area contributed by atoms with Crippen LogP contribution >= 0.6 is 23.6 Å². The van der Waals surface area contributed by atoms with Crippen molar-refractivity contribution in [2.45, 2.75) is 13.3 Å². The van der Waals surface area contributed by atoms with Crippen molar-refractivity contribution < 1.29 is 0 Å². The van der Waals surface area contributed by atoms with Crippen LogP contribution in [0.3, 0.4) is 0 Å². The topological polar surface area (TPSA) is 50.9 Å². The van der Waals surface area contributed by atoms with Crippen molar-refractivity contribution in [3.05, 3.63) is 45.9 Å². The molecule has 1 heterocycles. The molecule has 0 unspecified atom stereocenters. The minimum Gasteiger partial charge on any atom is -0.389 e. The second-order valence-corrected chi connectivity index (χ2v) is 5.38. The zero-order valence-corrected chi connectivity index (χ0v) is 11.8. The Kier molecular flexibility index (Phi) is 4.28. The van der Waals surface area contributed by atoms with E-state index in [1.165, 1.54) is 5.01 Å². The monoisotopic (exact) mass is 277 g/mol. The summed E-state index contributed by atoms with van der Waals surface area (Å²) in [5.74, 6) is 0. The van der Waals surface area contributed by atoms with Crippen LogP contribution < -0.4 is 11.1 Å². The van der Waals surface area contributed by atoms with Crippen LogP contribution in [-0.4, -0.2) is 16.5 Å². The summed E-state index contributed by atoms with van der Waals surface area (Å²) in [4.78, 5) is 4.85. The highest BCUT2D eigenvalue weighted by Crippen LogP contribution is 2.12. The van der Waals surface area contributed by atoms with Gasteiger partial charge < -0.3 is 11.1 Å². The Hall–Kier alpha value is -1.46. The Morgan fingerprint density at radius 1 is 1.39 bits per heavy atom. The number of hydrogen-bond donors (Lipinski definition) is 2. The molecule has 0 aliphatic heterocycles. The maximum atomic E-state index is 5.55. The minimum atomic E-state index is 0.430. The molecule has 1 aromatic heterocycles. The summed E-state index contributed by atoms with van der Waals surface area (Å²) in [6, 6.07) is 7.83. The molecule has 3 nitrogen and oxygen atoms in total. The smallest absolute Gasteiger partial charge is 0.103 e. The van der Waals surface area contributed by atoms with Gasteiger partial charge in [0, 0.05) is 35.3 Å². The molecule has 1 aromatic carbocycles. The molecule has 0 fully saturated rings. The van der Waals surface area contributed by atoms with Crippen LogP contribution in [0.25, 0.3) is 0 Å². The molecule has 0 bridgehead atoms. The summed E-state index contributed by atoms with van der Waals surface area (Å²) in [5.41, 5.74) is 8.61. The molecule has 0 saturated heterocycles. The summed E-state index contributed by atoms with van der Waals surface area (Å²) >= 11 is 6.62. The van der Waals surface area contributed by atoms with Crippen molar-refractivity contribution >= 4 is 34.2 Å². The first-order valence-corrected chi connectivity index (χ1v) is 6.98. The molecule has 2 aromatic rings. The maximum Gasteiger partial charge on any atom is 0.103 e. The molecule has 18 heavy (non-hydrogen) atoms. The second-order valence-electron chi connectivity index (χ2n) is 4.00. The Morgan fingerprint density at radius 2 is 2.11 bits per heavy atom. The van der Waals surface area contributed by atoms with Crippen LogP contribution in [0.2, 0.25) is 0 Å². The van der Waals surface area contributed by atoms with Gasteiger partial charge in [-0.25, -0.2) is 4.98 Å². The van der Waals surface area contributed by atoms with Gasteiger partial charge in [0.2, 0.25) is 0 Å². The third-order valence-corrected chi connectivity index (χ3v) is 3.77. The number of benzene rings is 1. The SMILES string of the molecule is Cc1csc(CCNc2ccc(C(N)=S)cc2)n1. The highest BCUT2D eigenvalue weighted by atomic mass is 32.1. The van der Waals surface area contributed by atoms with Crippen molar-refractivity contribution in [1.82, 2.24) is 4.98 Å². The van der Waals surface area contributed by atoms with Crippen molar-refractivity contribution in [2.75, 3.05) is 11.9 Å². The lowest BCUT2D eigenvalue weighted by molar-refractivity contribution is 0.987. The molecule has 0 spiro atoms. The number of nitrogens with two attached hydrogens (primary N) is 1. The number of aromatic nitrogens is 1. The van der Waals surface area contributed by atoms with E-state index in [2.05, 4.69) is 15.7 Å². The third-order valence-electron chi connectivity index (χ3n) is 2.50. The molecule has 0 saturated carbocycles. The van der Waals surface area contributed by atoms with E-state index in [9.17, 15) is 0 Å². The molecule has 2 rings (SSSR count). The van der Waals surface area contributed by atoms with E-state index in [0.29, 0.717) is 4.99 Å². The predicted octanol–water partition coefficient (Wildman–Crippen LogP) is 2.74. The largest absolute Gasteiger partial charge is 0.389 e. The van der Waals surface area contributed by atoms with Crippen molar-refractivity contribution in [3.8, 4) is 0 Å². The van der Waals surface area contributed by atoms with Crippen LogP contribution in [-0.2, 0) is 6.42 Å². The van der Waals surface area contributed by atoms with Crippen LogP contribution in [0.5, 0.6) is 0 Å². The van der Waals surface area contributed by atoms with Gasteiger partial charge in [0.05, 0.1) is 5.01 Å². The number of aryl methyl sites for hydroxylation is 1. The Labute approximate surface area is 116 Å². The Bertz CT molecular complexity index is 531. The highest BCUT2D eigenvalue weighted by Gasteiger charge is 1.99. The second kappa shape index (κ2) is 5.93. The third kappa shape index (κ3) is 3.51. The van der Waals surface area contributed by atoms with Crippen molar-refractivity contribution in [2.24, 2.45) is 5.73 Å². The van der Waals surface area contributed by atoms with E-state index in [-0.39, 0.29) is 0 Å². The molecule has 0 atom stereocenters. The molecule has 94 valence electrons. The highest BCUT2D eigenvalue weighted by molar-refractivity contribution is 7.80. The van der Waals surface area contributed by atoms with Crippen LogP contribution in [0.4, 0.5) is 5.69 Å².